The van der Waals surface area contributed by atoms with Gasteiger partial charge in [0.25, 0.3) is 0 Å². The van der Waals surface area contributed by atoms with E-state index in [1.807, 2.05) is 36.4 Å². The zero-order valence-corrected chi connectivity index (χ0v) is 15.0. The number of hydrogen-bond donors (Lipinski definition) is 2. The summed E-state index contributed by atoms with van der Waals surface area (Å²) in [6.07, 6.45) is 0. The quantitative estimate of drug-likeness (QED) is 0.375. The summed E-state index contributed by atoms with van der Waals surface area (Å²) in [5.74, 6) is 5.99. The lowest BCUT2D eigenvalue weighted by atomic mass is 9.97. The molecule has 4 nitrogen and oxygen atoms in total. The maximum Gasteiger partial charge on any atom is 0.159 e. The number of rotatable bonds is 3. The fourth-order valence-electron chi connectivity index (χ4n) is 3.12. The van der Waals surface area contributed by atoms with E-state index in [4.69, 9.17) is 17.4 Å². The van der Waals surface area contributed by atoms with Gasteiger partial charge in [-0.05, 0) is 40.6 Å². The molecule has 5 heteroatoms. The van der Waals surface area contributed by atoms with E-state index in [1.54, 1.807) is 12.1 Å². The fourth-order valence-corrected chi connectivity index (χ4v) is 3.24. The Morgan fingerprint density at radius 1 is 0.889 bits per heavy atom. The molecule has 0 aliphatic rings. The van der Waals surface area contributed by atoms with E-state index >= 15 is 0 Å². The van der Waals surface area contributed by atoms with Gasteiger partial charge < -0.3 is 5.43 Å². The summed E-state index contributed by atoms with van der Waals surface area (Å²) in [5, 5.41) is 12.6. The molecule has 1 aromatic heterocycles. The lowest BCUT2D eigenvalue weighted by Gasteiger charge is -2.12. The number of nitriles is 1. The number of hydrazine groups is 1. The highest BCUT2D eigenvalue weighted by atomic mass is 35.5. The van der Waals surface area contributed by atoms with Gasteiger partial charge in [-0.1, -0.05) is 60.1 Å². The Bertz CT molecular complexity index is 1180. The normalized spacial score (nSPS) is 10.6. The first-order valence-electron chi connectivity index (χ1n) is 8.36. The van der Waals surface area contributed by atoms with Gasteiger partial charge in [0, 0.05) is 16.1 Å². The number of halogens is 1. The van der Waals surface area contributed by atoms with Crippen molar-refractivity contribution in [2.75, 3.05) is 5.43 Å². The fraction of sp³-hybridized carbons (Fsp3) is 0. The Morgan fingerprint density at radius 3 is 2.30 bits per heavy atom. The zero-order chi connectivity index (χ0) is 18.8. The van der Waals surface area contributed by atoms with Crippen LogP contribution in [0.2, 0.25) is 5.02 Å². The molecule has 4 aromatic rings. The molecule has 0 aliphatic heterocycles. The molecule has 1 heterocycles. The van der Waals surface area contributed by atoms with Crippen LogP contribution in [0.4, 0.5) is 5.82 Å². The zero-order valence-electron chi connectivity index (χ0n) is 14.3. The second-order valence-electron chi connectivity index (χ2n) is 6.10. The minimum absolute atomic E-state index is 0.341. The third-order valence-corrected chi connectivity index (χ3v) is 4.72. The lowest BCUT2D eigenvalue weighted by molar-refractivity contribution is 1.22. The number of benzene rings is 3. The standard InChI is InChI=1S/C22H15ClN4/c23-18-9-7-15(8-10-18)19-12-21(26-22(27-25)20(19)13-24)17-6-5-14-3-1-2-4-16(14)11-17/h1-12H,25H2,(H,26,27). The van der Waals surface area contributed by atoms with Gasteiger partial charge in [0.1, 0.15) is 11.6 Å². The van der Waals surface area contributed by atoms with Gasteiger partial charge in [0.2, 0.25) is 0 Å². The van der Waals surface area contributed by atoms with Crippen molar-refractivity contribution < 1.29 is 0 Å². The van der Waals surface area contributed by atoms with E-state index in [-0.39, 0.29) is 0 Å². The second-order valence-corrected chi connectivity index (χ2v) is 6.54. The molecule has 0 amide bonds. The maximum absolute atomic E-state index is 9.64. The summed E-state index contributed by atoms with van der Waals surface area (Å²) in [6.45, 7) is 0. The van der Waals surface area contributed by atoms with Gasteiger partial charge >= 0.3 is 0 Å². The summed E-state index contributed by atoms with van der Waals surface area (Å²) in [6, 6.07) is 25.8. The molecule has 0 spiro atoms. The molecule has 3 N–H and O–H groups in total. The van der Waals surface area contributed by atoms with Gasteiger partial charge in [-0.3, -0.25) is 0 Å². The van der Waals surface area contributed by atoms with Crippen LogP contribution in [0.15, 0.2) is 72.8 Å². The minimum Gasteiger partial charge on any atom is -0.307 e. The highest BCUT2D eigenvalue weighted by Gasteiger charge is 2.15. The Kier molecular flexibility index (Phi) is 4.47. The molecule has 0 unspecified atom stereocenters. The van der Waals surface area contributed by atoms with Crippen molar-refractivity contribution in [2.45, 2.75) is 0 Å². The largest absolute Gasteiger partial charge is 0.307 e. The van der Waals surface area contributed by atoms with Crippen molar-refractivity contribution in [3.63, 3.8) is 0 Å². The number of nitrogens with two attached hydrogens (primary N) is 1. The number of nitrogens with zero attached hydrogens (tertiary/aromatic N) is 2. The van der Waals surface area contributed by atoms with Gasteiger partial charge in [-0.2, -0.15) is 5.26 Å². The molecular formula is C22H15ClN4. The van der Waals surface area contributed by atoms with Gasteiger partial charge in [0.05, 0.1) is 5.69 Å². The predicted molar refractivity (Wildman–Crippen MR) is 110 cm³/mol. The molecular weight excluding hydrogens is 356 g/mol. The second kappa shape index (κ2) is 7.08. The Hall–Kier alpha value is -3.39. The van der Waals surface area contributed by atoms with E-state index in [0.717, 1.165) is 33.2 Å². The molecule has 0 radical (unpaired) electrons. The molecule has 130 valence electrons. The SMILES string of the molecule is N#Cc1c(-c2ccc(Cl)cc2)cc(-c2ccc3ccccc3c2)nc1NN. The molecule has 0 atom stereocenters. The molecule has 4 rings (SSSR count). The summed E-state index contributed by atoms with van der Waals surface area (Å²) >= 11 is 6.00. The highest BCUT2D eigenvalue weighted by Crippen LogP contribution is 2.33. The molecule has 3 aromatic carbocycles. The number of aromatic nitrogens is 1. The summed E-state index contributed by atoms with van der Waals surface area (Å²) < 4.78 is 0. The predicted octanol–water partition coefficient (Wildman–Crippen LogP) is 5.38. The molecule has 0 saturated carbocycles. The smallest absolute Gasteiger partial charge is 0.159 e. The molecule has 0 aliphatic carbocycles. The minimum atomic E-state index is 0.341. The van der Waals surface area contributed by atoms with Gasteiger partial charge in [-0.25, -0.2) is 10.8 Å². The van der Waals surface area contributed by atoms with Crippen molar-refractivity contribution >= 4 is 28.2 Å². The first kappa shape index (κ1) is 17.0. The maximum atomic E-state index is 9.64. The van der Waals surface area contributed by atoms with Gasteiger partial charge in [0.15, 0.2) is 5.82 Å². The molecule has 0 saturated heterocycles. The van der Waals surface area contributed by atoms with Crippen molar-refractivity contribution in [1.82, 2.24) is 4.98 Å². The van der Waals surface area contributed by atoms with Crippen LogP contribution in [0.5, 0.6) is 0 Å². The highest BCUT2D eigenvalue weighted by molar-refractivity contribution is 6.30. The van der Waals surface area contributed by atoms with Crippen LogP contribution in [-0.2, 0) is 0 Å². The molecule has 0 bridgehead atoms. The third-order valence-electron chi connectivity index (χ3n) is 4.47. The summed E-state index contributed by atoms with van der Waals surface area (Å²) in [4.78, 5) is 4.56. The first-order chi connectivity index (χ1) is 13.2. The third kappa shape index (κ3) is 3.22. The summed E-state index contributed by atoms with van der Waals surface area (Å²) in [7, 11) is 0. The van der Waals surface area contributed by atoms with Crippen LogP contribution in [0, 0.1) is 11.3 Å². The van der Waals surface area contributed by atoms with Crippen LogP contribution in [0.25, 0.3) is 33.2 Å². The monoisotopic (exact) mass is 370 g/mol. The average molecular weight is 371 g/mol. The van der Waals surface area contributed by atoms with Crippen molar-refractivity contribution in [3.8, 4) is 28.5 Å². The van der Waals surface area contributed by atoms with Crippen LogP contribution >= 0.6 is 11.6 Å². The summed E-state index contributed by atoms with van der Waals surface area (Å²) in [5.41, 5.74) is 6.25. The van der Waals surface area contributed by atoms with E-state index in [9.17, 15) is 5.26 Å². The number of fused-ring (bicyclic) bond motifs is 1. The molecule has 0 fully saturated rings. The lowest BCUT2D eigenvalue weighted by Crippen LogP contribution is -2.11. The van der Waals surface area contributed by atoms with Crippen LogP contribution in [-0.4, -0.2) is 4.98 Å². The Labute approximate surface area is 161 Å². The number of pyridine rings is 1. The van der Waals surface area contributed by atoms with Crippen LogP contribution < -0.4 is 11.3 Å². The number of hydrogen-bond acceptors (Lipinski definition) is 4. The number of nitrogen functional groups attached to an aromatic ring is 1. The topological polar surface area (TPSA) is 74.7 Å². The van der Waals surface area contributed by atoms with Crippen molar-refractivity contribution in [1.29, 1.82) is 5.26 Å². The Morgan fingerprint density at radius 2 is 1.59 bits per heavy atom. The first-order valence-corrected chi connectivity index (χ1v) is 8.74. The van der Waals surface area contributed by atoms with Crippen LogP contribution in [0.1, 0.15) is 5.56 Å². The van der Waals surface area contributed by atoms with Crippen LogP contribution in [0.3, 0.4) is 0 Å². The van der Waals surface area contributed by atoms with Crippen molar-refractivity contribution in [3.05, 3.63) is 83.4 Å². The van der Waals surface area contributed by atoms with E-state index in [0.29, 0.717) is 16.4 Å². The van der Waals surface area contributed by atoms with E-state index in [1.165, 1.54) is 0 Å². The van der Waals surface area contributed by atoms with E-state index in [2.05, 4.69) is 40.7 Å². The van der Waals surface area contributed by atoms with Gasteiger partial charge in [-0.15, -0.1) is 0 Å². The van der Waals surface area contributed by atoms with Crippen molar-refractivity contribution in [2.24, 2.45) is 5.84 Å². The average Bonchev–Trinajstić information content (AvgIpc) is 2.73. The van der Waals surface area contributed by atoms with E-state index < -0.39 is 0 Å². The molecule has 27 heavy (non-hydrogen) atoms. The number of anilines is 1. The Balaban J connectivity index is 1.94. The number of nitrogens with one attached hydrogen (secondary N) is 1.